The van der Waals surface area contributed by atoms with Crippen LogP contribution in [-0.2, 0) is 16.0 Å². The van der Waals surface area contributed by atoms with Crippen LogP contribution < -0.4 is 0 Å². The first kappa shape index (κ1) is 12.7. The summed E-state index contributed by atoms with van der Waals surface area (Å²) in [6.45, 7) is 0.620. The van der Waals surface area contributed by atoms with E-state index < -0.39 is 11.6 Å². The van der Waals surface area contributed by atoms with E-state index in [9.17, 15) is 18.4 Å². The van der Waals surface area contributed by atoms with Crippen LogP contribution in [0.15, 0.2) is 18.2 Å². The smallest absolute Gasteiger partial charge is 0.227 e. The van der Waals surface area contributed by atoms with Crippen LogP contribution in [0.4, 0.5) is 8.78 Å². The zero-order valence-electron chi connectivity index (χ0n) is 9.79. The molecule has 1 saturated heterocycles. The fraction of sp³-hybridized carbons (Fsp3) is 0.385. The lowest BCUT2D eigenvalue weighted by Crippen LogP contribution is -2.41. The maximum atomic E-state index is 13.4. The highest BCUT2D eigenvalue weighted by atomic mass is 19.1. The van der Waals surface area contributed by atoms with Gasteiger partial charge in [0.25, 0.3) is 0 Å². The van der Waals surface area contributed by atoms with Gasteiger partial charge in [-0.3, -0.25) is 9.59 Å². The van der Waals surface area contributed by atoms with Gasteiger partial charge in [-0.05, 0) is 18.1 Å². The zero-order chi connectivity index (χ0) is 13.1. The maximum absolute atomic E-state index is 13.4. The Morgan fingerprint density at radius 3 is 2.78 bits per heavy atom. The molecule has 0 unspecified atom stereocenters. The van der Waals surface area contributed by atoms with Gasteiger partial charge in [0.15, 0.2) is 5.78 Å². The second-order valence-electron chi connectivity index (χ2n) is 4.37. The predicted molar refractivity (Wildman–Crippen MR) is 60.9 cm³/mol. The Labute approximate surface area is 103 Å². The van der Waals surface area contributed by atoms with E-state index in [4.69, 9.17) is 0 Å². The molecule has 0 atom stereocenters. The highest BCUT2D eigenvalue weighted by molar-refractivity contribution is 5.88. The standard InChI is InChI=1S/C13H13F2NO2/c14-10-4-3-9(12(15)7-10)6-13(18)16-5-1-2-11(17)8-16/h3-4,7H,1-2,5-6,8H2. The summed E-state index contributed by atoms with van der Waals surface area (Å²) < 4.78 is 26.1. The molecule has 0 saturated carbocycles. The molecule has 1 aromatic rings. The van der Waals surface area contributed by atoms with E-state index in [1.807, 2.05) is 0 Å². The van der Waals surface area contributed by atoms with Crippen molar-refractivity contribution >= 4 is 11.7 Å². The number of ketones is 1. The second-order valence-corrected chi connectivity index (χ2v) is 4.37. The maximum Gasteiger partial charge on any atom is 0.227 e. The minimum Gasteiger partial charge on any atom is -0.335 e. The minimum atomic E-state index is -0.730. The zero-order valence-corrected chi connectivity index (χ0v) is 9.79. The van der Waals surface area contributed by atoms with Gasteiger partial charge in [0.1, 0.15) is 11.6 Å². The summed E-state index contributed by atoms with van der Waals surface area (Å²) in [5.41, 5.74) is 0.152. The van der Waals surface area contributed by atoms with Gasteiger partial charge in [-0.15, -0.1) is 0 Å². The van der Waals surface area contributed by atoms with Crippen LogP contribution in [0.5, 0.6) is 0 Å². The predicted octanol–water partition coefficient (Wildman–Crippen LogP) is 1.70. The molecule has 1 aromatic carbocycles. The molecule has 96 valence electrons. The molecule has 0 bridgehead atoms. The number of rotatable bonds is 2. The van der Waals surface area contributed by atoms with Crippen molar-refractivity contribution in [2.45, 2.75) is 19.3 Å². The number of carbonyl (C=O) groups is 2. The third kappa shape index (κ3) is 2.91. The van der Waals surface area contributed by atoms with Crippen molar-refractivity contribution in [3.8, 4) is 0 Å². The van der Waals surface area contributed by atoms with Gasteiger partial charge < -0.3 is 4.90 Å². The van der Waals surface area contributed by atoms with Crippen molar-refractivity contribution in [2.75, 3.05) is 13.1 Å². The van der Waals surface area contributed by atoms with Gasteiger partial charge in [-0.1, -0.05) is 6.07 Å². The fourth-order valence-electron chi connectivity index (χ4n) is 1.99. The fourth-order valence-corrected chi connectivity index (χ4v) is 1.99. The highest BCUT2D eigenvalue weighted by Gasteiger charge is 2.22. The molecule has 1 fully saturated rings. The normalized spacial score (nSPS) is 15.9. The molecule has 2 rings (SSSR count). The van der Waals surface area contributed by atoms with Crippen molar-refractivity contribution in [3.63, 3.8) is 0 Å². The van der Waals surface area contributed by atoms with E-state index in [0.717, 1.165) is 12.1 Å². The summed E-state index contributed by atoms with van der Waals surface area (Å²) in [6.07, 6.45) is 1.00. The molecule has 1 amide bonds. The number of carbonyl (C=O) groups excluding carboxylic acids is 2. The van der Waals surface area contributed by atoms with E-state index in [1.165, 1.54) is 11.0 Å². The van der Waals surface area contributed by atoms with Gasteiger partial charge in [-0.2, -0.15) is 0 Å². The van der Waals surface area contributed by atoms with E-state index >= 15 is 0 Å². The number of likely N-dealkylation sites (tertiary alicyclic amines) is 1. The lowest BCUT2D eigenvalue weighted by Gasteiger charge is -2.25. The number of Topliss-reactive ketones (excluding diaryl/α,β-unsaturated/α-hetero) is 1. The van der Waals surface area contributed by atoms with Gasteiger partial charge in [0.2, 0.25) is 5.91 Å². The number of benzene rings is 1. The third-order valence-corrected chi connectivity index (χ3v) is 2.96. The molecular weight excluding hydrogens is 240 g/mol. The molecule has 0 spiro atoms. The van der Waals surface area contributed by atoms with Gasteiger partial charge >= 0.3 is 0 Å². The summed E-state index contributed by atoms with van der Waals surface area (Å²) in [7, 11) is 0. The van der Waals surface area contributed by atoms with Crippen molar-refractivity contribution in [3.05, 3.63) is 35.4 Å². The number of piperidine rings is 1. The number of hydrogen-bond donors (Lipinski definition) is 0. The lowest BCUT2D eigenvalue weighted by atomic mass is 10.1. The van der Waals surface area contributed by atoms with Crippen molar-refractivity contribution in [1.29, 1.82) is 0 Å². The molecular formula is C13H13F2NO2. The van der Waals surface area contributed by atoms with E-state index in [2.05, 4.69) is 0 Å². The summed E-state index contributed by atoms with van der Waals surface area (Å²) in [4.78, 5) is 24.5. The Bertz CT molecular complexity index is 488. The Morgan fingerprint density at radius 1 is 1.33 bits per heavy atom. The van der Waals surface area contributed by atoms with Crippen molar-refractivity contribution < 1.29 is 18.4 Å². The molecule has 0 radical (unpaired) electrons. The molecule has 3 nitrogen and oxygen atoms in total. The van der Waals surface area contributed by atoms with E-state index in [0.29, 0.717) is 19.4 Å². The van der Waals surface area contributed by atoms with Crippen LogP contribution in [0.25, 0.3) is 0 Å². The largest absolute Gasteiger partial charge is 0.335 e. The van der Waals surface area contributed by atoms with Crippen LogP contribution in [0.3, 0.4) is 0 Å². The van der Waals surface area contributed by atoms with E-state index in [-0.39, 0.29) is 30.2 Å². The average Bonchev–Trinajstić information content (AvgIpc) is 2.32. The molecule has 1 heterocycles. The summed E-state index contributed by atoms with van der Waals surface area (Å²) in [5.74, 6) is -1.67. The highest BCUT2D eigenvalue weighted by Crippen LogP contribution is 2.13. The summed E-state index contributed by atoms with van der Waals surface area (Å²) in [5, 5.41) is 0. The molecule has 5 heteroatoms. The lowest BCUT2D eigenvalue weighted by molar-refractivity contribution is -0.137. The topological polar surface area (TPSA) is 37.4 Å². The average molecular weight is 253 g/mol. The molecule has 1 aliphatic heterocycles. The monoisotopic (exact) mass is 253 g/mol. The second kappa shape index (κ2) is 5.25. The first-order chi connectivity index (χ1) is 8.56. The first-order valence-corrected chi connectivity index (χ1v) is 5.79. The SMILES string of the molecule is O=C1CCCN(C(=O)Cc2ccc(F)cc2F)C1. The van der Waals surface area contributed by atoms with Gasteiger partial charge in [-0.25, -0.2) is 8.78 Å². The van der Waals surface area contributed by atoms with Crippen LogP contribution >= 0.6 is 0 Å². The third-order valence-electron chi connectivity index (χ3n) is 2.96. The molecule has 0 N–H and O–H groups in total. The molecule has 1 aliphatic rings. The van der Waals surface area contributed by atoms with Crippen molar-refractivity contribution in [1.82, 2.24) is 4.90 Å². The first-order valence-electron chi connectivity index (χ1n) is 5.79. The van der Waals surface area contributed by atoms with Crippen LogP contribution in [-0.4, -0.2) is 29.7 Å². The number of hydrogen-bond acceptors (Lipinski definition) is 2. The van der Waals surface area contributed by atoms with Gasteiger partial charge in [0, 0.05) is 19.0 Å². The molecule has 0 aliphatic carbocycles. The number of halogens is 2. The minimum absolute atomic E-state index is 0.0224. The van der Waals surface area contributed by atoms with Crippen molar-refractivity contribution in [2.24, 2.45) is 0 Å². The Balaban J connectivity index is 2.04. The summed E-state index contributed by atoms with van der Waals surface area (Å²) >= 11 is 0. The van der Waals surface area contributed by atoms with Crippen LogP contribution in [0.1, 0.15) is 18.4 Å². The summed E-state index contributed by atoms with van der Waals surface area (Å²) in [6, 6.07) is 3.13. The van der Waals surface area contributed by atoms with Gasteiger partial charge in [0.05, 0.1) is 13.0 Å². The molecule has 18 heavy (non-hydrogen) atoms. The van der Waals surface area contributed by atoms with Crippen LogP contribution in [0, 0.1) is 11.6 Å². The van der Waals surface area contributed by atoms with E-state index in [1.54, 1.807) is 0 Å². The number of amides is 1. The Morgan fingerprint density at radius 2 is 2.11 bits per heavy atom. The number of nitrogens with zero attached hydrogens (tertiary/aromatic N) is 1. The van der Waals surface area contributed by atoms with Crippen LogP contribution in [0.2, 0.25) is 0 Å². The molecule has 0 aromatic heterocycles. The Kier molecular flexibility index (Phi) is 3.69. The quantitative estimate of drug-likeness (QED) is 0.804. The Hall–Kier alpha value is -1.78.